The number of aromatic nitrogens is 3. The zero-order chi connectivity index (χ0) is 21.5. The summed E-state index contributed by atoms with van der Waals surface area (Å²) in [6.07, 6.45) is 1.57. The van der Waals surface area contributed by atoms with Gasteiger partial charge in [0.15, 0.2) is 17.3 Å². The van der Waals surface area contributed by atoms with E-state index in [1.165, 1.54) is 0 Å². The Hall–Kier alpha value is -3.10. The lowest BCUT2D eigenvalue weighted by Gasteiger charge is -2.13. The third-order valence-electron chi connectivity index (χ3n) is 3.93. The van der Waals surface area contributed by atoms with Gasteiger partial charge in [-0.05, 0) is 49.7 Å². The van der Waals surface area contributed by atoms with Crippen molar-refractivity contribution in [2.45, 2.75) is 20.5 Å². The third kappa shape index (κ3) is 5.71. The molecule has 2 aromatic carbocycles. The second-order valence-corrected chi connectivity index (χ2v) is 6.95. The molecule has 0 aliphatic rings. The monoisotopic (exact) mass is 447 g/mol. The Morgan fingerprint density at radius 2 is 2.00 bits per heavy atom. The number of benzene rings is 2. The first kappa shape index (κ1) is 21.6. The molecule has 8 nitrogen and oxygen atoms in total. The summed E-state index contributed by atoms with van der Waals surface area (Å²) in [6.45, 7) is 4.33. The minimum Gasteiger partial charge on any atom is -0.490 e. The molecule has 2 N–H and O–H groups in total. The Kier molecular flexibility index (Phi) is 7.26. The molecule has 0 bridgehead atoms. The number of aromatic amines is 1. The first-order valence-corrected chi connectivity index (χ1v) is 9.78. The number of hydrogen-bond donors (Lipinski definition) is 2. The van der Waals surface area contributed by atoms with E-state index >= 15 is 0 Å². The van der Waals surface area contributed by atoms with Crippen LogP contribution in [0.3, 0.4) is 0 Å². The van der Waals surface area contributed by atoms with E-state index in [1.807, 2.05) is 19.1 Å². The van der Waals surface area contributed by atoms with Crippen LogP contribution in [0.15, 0.2) is 46.3 Å². The number of rotatable bonds is 8. The fourth-order valence-corrected chi connectivity index (χ4v) is 2.92. The van der Waals surface area contributed by atoms with Gasteiger partial charge in [-0.2, -0.15) is 15.2 Å². The maximum atomic E-state index is 11.3. The molecule has 1 aromatic heterocycles. The third-order valence-corrected chi connectivity index (χ3v) is 4.51. The molecular weight excluding hydrogens is 429 g/mol. The number of H-pyrrole nitrogens is 1. The summed E-state index contributed by atoms with van der Waals surface area (Å²) in [5.74, 6) is 1.42. The van der Waals surface area contributed by atoms with Crippen LogP contribution in [-0.4, -0.2) is 28.0 Å². The fourth-order valence-electron chi connectivity index (χ4n) is 2.45. The highest BCUT2D eigenvalue weighted by Gasteiger charge is 2.09. The van der Waals surface area contributed by atoms with Crippen molar-refractivity contribution in [3.05, 3.63) is 73.7 Å². The maximum Gasteiger partial charge on any atom is 0.363 e. The number of hydrogen-bond acceptors (Lipinski definition) is 7. The van der Waals surface area contributed by atoms with Gasteiger partial charge in [0.1, 0.15) is 12.3 Å². The number of nitrogens with one attached hydrogen (secondary N) is 2. The van der Waals surface area contributed by atoms with Gasteiger partial charge in [0, 0.05) is 15.6 Å². The normalized spacial score (nSPS) is 10.9. The zero-order valence-electron chi connectivity index (χ0n) is 16.3. The summed E-state index contributed by atoms with van der Waals surface area (Å²) in [7, 11) is 0. The predicted molar refractivity (Wildman–Crippen MR) is 117 cm³/mol. The molecule has 0 radical (unpaired) electrons. The SMILES string of the molecule is CCOc1cc(/C=N\Nc2nc(=O)[nH]nc2C)ccc1OCc1ccc(Cl)cc1Cl. The van der Waals surface area contributed by atoms with Gasteiger partial charge in [0.2, 0.25) is 0 Å². The molecule has 3 rings (SSSR count). The molecule has 0 aliphatic heterocycles. The Labute approximate surface area is 182 Å². The van der Waals surface area contributed by atoms with Crippen molar-refractivity contribution in [2.75, 3.05) is 12.0 Å². The van der Waals surface area contributed by atoms with Crippen molar-refractivity contribution in [3.63, 3.8) is 0 Å². The van der Waals surface area contributed by atoms with Gasteiger partial charge in [0.25, 0.3) is 0 Å². The van der Waals surface area contributed by atoms with Crippen LogP contribution in [0.25, 0.3) is 0 Å². The van der Waals surface area contributed by atoms with Crippen molar-refractivity contribution in [2.24, 2.45) is 5.10 Å². The van der Waals surface area contributed by atoms with Gasteiger partial charge in [-0.1, -0.05) is 29.3 Å². The van der Waals surface area contributed by atoms with Crippen LogP contribution in [-0.2, 0) is 6.61 Å². The van der Waals surface area contributed by atoms with Crippen molar-refractivity contribution in [1.29, 1.82) is 0 Å². The molecule has 0 saturated heterocycles. The number of aryl methyl sites for hydroxylation is 1. The average molecular weight is 448 g/mol. The molecule has 0 amide bonds. The number of anilines is 1. The predicted octanol–water partition coefficient (Wildman–Crippen LogP) is 4.20. The first-order chi connectivity index (χ1) is 14.5. The maximum absolute atomic E-state index is 11.3. The molecule has 10 heteroatoms. The minimum atomic E-state index is -0.556. The Balaban J connectivity index is 1.72. The molecule has 3 aromatic rings. The molecular formula is C20H19Cl2N5O3. The van der Waals surface area contributed by atoms with Gasteiger partial charge >= 0.3 is 5.69 Å². The molecule has 0 atom stereocenters. The van der Waals surface area contributed by atoms with Gasteiger partial charge in [-0.3, -0.25) is 5.43 Å². The highest BCUT2D eigenvalue weighted by molar-refractivity contribution is 6.35. The average Bonchev–Trinajstić information content (AvgIpc) is 2.71. The van der Waals surface area contributed by atoms with Crippen LogP contribution in [0.2, 0.25) is 10.0 Å². The molecule has 0 fully saturated rings. The Bertz CT molecular complexity index is 1120. The Morgan fingerprint density at radius 3 is 2.77 bits per heavy atom. The molecule has 156 valence electrons. The van der Waals surface area contributed by atoms with Crippen LogP contribution >= 0.6 is 23.2 Å². The zero-order valence-corrected chi connectivity index (χ0v) is 17.8. The van der Waals surface area contributed by atoms with Gasteiger partial charge < -0.3 is 9.47 Å². The van der Waals surface area contributed by atoms with Crippen LogP contribution in [0.1, 0.15) is 23.7 Å². The summed E-state index contributed by atoms with van der Waals surface area (Å²) < 4.78 is 11.6. The number of ether oxygens (including phenoxy) is 2. The minimum absolute atomic E-state index is 0.269. The molecule has 0 aliphatic carbocycles. The quantitative estimate of drug-likeness (QED) is 0.396. The first-order valence-electron chi connectivity index (χ1n) is 9.02. The second kappa shape index (κ2) is 10.1. The van der Waals surface area contributed by atoms with E-state index < -0.39 is 5.69 Å². The number of hydrazone groups is 1. The van der Waals surface area contributed by atoms with E-state index in [0.717, 1.165) is 11.1 Å². The van der Waals surface area contributed by atoms with Crippen LogP contribution < -0.4 is 20.6 Å². The largest absolute Gasteiger partial charge is 0.490 e. The molecule has 1 heterocycles. The van der Waals surface area contributed by atoms with Gasteiger partial charge in [-0.25, -0.2) is 9.89 Å². The summed E-state index contributed by atoms with van der Waals surface area (Å²) in [6, 6.07) is 10.7. The number of nitrogens with zero attached hydrogens (tertiary/aromatic N) is 3. The molecule has 0 unspecified atom stereocenters. The second-order valence-electron chi connectivity index (χ2n) is 6.11. The van der Waals surface area contributed by atoms with Crippen molar-refractivity contribution in [3.8, 4) is 11.5 Å². The summed E-state index contributed by atoms with van der Waals surface area (Å²) >= 11 is 12.1. The van der Waals surface area contributed by atoms with Crippen molar-refractivity contribution < 1.29 is 9.47 Å². The highest BCUT2D eigenvalue weighted by atomic mass is 35.5. The lowest BCUT2D eigenvalue weighted by atomic mass is 10.2. The summed E-state index contributed by atoms with van der Waals surface area (Å²) in [5, 5.41) is 11.3. The van der Waals surface area contributed by atoms with Crippen molar-refractivity contribution in [1.82, 2.24) is 15.2 Å². The molecule has 0 spiro atoms. The van der Waals surface area contributed by atoms with Crippen LogP contribution in [0, 0.1) is 6.92 Å². The van der Waals surface area contributed by atoms with Crippen molar-refractivity contribution >= 4 is 35.2 Å². The topological polar surface area (TPSA) is 101 Å². The van der Waals surface area contributed by atoms with E-state index in [1.54, 1.807) is 37.4 Å². The van der Waals surface area contributed by atoms with Crippen LogP contribution in [0.4, 0.5) is 5.82 Å². The smallest absolute Gasteiger partial charge is 0.363 e. The highest BCUT2D eigenvalue weighted by Crippen LogP contribution is 2.30. The van der Waals surface area contributed by atoms with E-state index in [9.17, 15) is 4.79 Å². The number of halogens is 2. The van der Waals surface area contributed by atoms with Gasteiger partial charge in [-0.15, -0.1) is 0 Å². The summed E-state index contributed by atoms with van der Waals surface area (Å²) in [4.78, 5) is 15.0. The Morgan fingerprint density at radius 1 is 1.17 bits per heavy atom. The standard InChI is InChI=1S/C20H19Cl2N5O3/c1-3-29-18-8-13(10-23-26-19-12(2)25-27-20(28)24-19)4-7-17(18)30-11-14-5-6-15(21)9-16(14)22/h4-10H,3,11H2,1-2H3,(H2,24,26,27,28)/b23-10-. The van der Waals surface area contributed by atoms with E-state index in [-0.39, 0.29) is 12.4 Å². The molecule has 0 saturated carbocycles. The molecule has 30 heavy (non-hydrogen) atoms. The van der Waals surface area contributed by atoms with E-state index in [2.05, 4.69) is 25.7 Å². The lowest BCUT2D eigenvalue weighted by molar-refractivity contribution is 0.269. The van der Waals surface area contributed by atoms with Crippen LogP contribution in [0.5, 0.6) is 11.5 Å². The summed E-state index contributed by atoms with van der Waals surface area (Å²) in [5.41, 5.74) is 4.24. The lowest BCUT2D eigenvalue weighted by Crippen LogP contribution is -2.15. The van der Waals surface area contributed by atoms with Gasteiger partial charge in [0.05, 0.1) is 12.8 Å². The van der Waals surface area contributed by atoms with E-state index in [4.69, 9.17) is 32.7 Å². The fraction of sp³-hybridized carbons (Fsp3) is 0.200. The van der Waals surface area contributed by atoms with E-state index in [0.29, 0.717) is 33.8 Å².